The minimum atomic E-state index is -0.750. The Hall–Kier alpha value is -3.09. The quantitative estimate of drug-likeness (QED) is 0.0229. The van der Waals surface area contributed by atoms with Gasteiger partial charge in [0.1, 0.15) is 0 Å². The Bertz CT molecular complexity index is 1400. The molecule has 0 spiro atoms. The van der Waals surface area contributed by atoms with Crippen LogP contribution in [0.3, 0.4) is 0 Å². The Morgan fingerprint density at radius 3 is 1.00 bits per heavy atom. The normalized spacial score (nSPS) is 12.2. The van der Waals surface area contributed by atoms with Gasteiger partial charge < -0.3 is 9.47 Å². The van der Waals surface area contributed by atoms with Gasteiger partial charge in [0.25, 0.3) is 0 Å². The maximum absolute atomic E-state index is 13.3. The average Bonchev–Trinajstić information content (AvgIpc) is 4.09. The van der Waals surface area contributed by atoms with Crippen LogP contribution >= 0.6 is 0 Å². The molecule has 0 atom stereocenters. The van der Waals surface area contributed by atoms with Gasteiger partial charge >= 0.3 is 21.7 Å². The van der Waals surface area contributed by atoms with Crippen molar-refractivity contribution in [3.8, 4) is 11.5 Å². The van der Waals surface area contributed by atoms with Crippen molar-refractivity contribution in [2.24, 2.45) is 0 Å². The van der Waals surface area contributed by atoms with Crippen LogP contribution in [-0.2, 0) is 21.7 Å². The number of halogens is 4. The van der Waals surface area contributed by atoms with Gasteiger partial charge in [-0.3, -0.25) is 12.2 Å². The molecule has 65 heavy (non-hydrogen) atoms. The van der Waals surface area contributed by atoms with E-state index in [0.29, 0.717) is 13.2 Å². The molecule has 0 radical (unpaired) electrons. The van der Waals surface area contributed by atoms with E-state index in [1.165, 1.54) is 178 Å². The van der Waals surface area contributed by atoms with E-state index >= 15 is 0 Å². The largest absolute Gasteiger partial charge is 4.00 e. The summed E-state index contributed by atoms with van der Waals surface area (Å²) in [5.74, 6) is -2.72. The summed E-state index contributed by atoms with van der Waals surface area (Å²) in [7, 11) is 0. The van der Waals surface area contributed by atoms with Gasteiger partial charge in [0.2, 0.25) is 0 Å². The van der Waals surface area contributed by atoms with Crippen molar-refractivity contribution in [1.29, 1.82) is 0 Å². The van der Waals surface area contributed by atoms with Crippen LogP contribution in [0.4, 0.5) is 17.6 Å². The number of rotatable bonds is 34. The third-order valence-corrected chi connectivity index (χ3v) is 10.7. The van der Waals surface area contributed by atoms with Crippen molar-refractivity contribution in [2.75, 3.05) is 13.2 Å². The van der Waals surface area contributed by atoms with Crippen LogP contribution in [0.15, 0.2) is 85.0 Å². The molecule has 0 amide bonds. The van der Waals surface area contributed by atoms with Crippen LogP contribution in [0.25, 0.3) is 0 Å². The molecule has 0 bridgehead atoms. The summed E-state index contributed by atoms with van der Waals surface area (Å²) in [5.41, 5.74) is 0. The number of allylic oxidation sites excluding steroid dienone is 12. The maximum Gasteiger partial charge on any atom is 4.00 e. The molecule has 2 aliphatic rings. The van der Waals surface area contributed by atoms with Gasteiger partial charge in [-0.2, -0.15) is 12.2 Å². The van der Waals surface area contributed by atoms with Crippen LogP contribution in [-0.4, -0.2) is 13.2 Å². The van der Waals surface area contributed by atoms with E-state index in [9.17, 15) is 17.6 Å². The molecule has 360 valence electrons. The number of unbranched alkanes of at least 4 members (excludes halogenated alkanes) is 24. The molecule has 0 saturated heterocycles. The summed E-state index contributed by atoms with van der Waals surface area (Å²) in [6.07, 6.45) is 64.5. The van der Waals surface area contributed by atoms with Crippen molar-refractivity contribution >= 4 is 0 Å². The Balaban J connectivity index is 0.00000102. The maximum atomic E-state index is 13.3. The van der Waals surface area contributed by atoms with Crippen LogP contribution in [0.5, 0.6) is 11.5 Å². The summed E-state index contributed by atoms with van der Waals surface area (Å²) in [6, 6.07) is 8.94. The van der Waals surface area contributed by atoms with Gasteiger partial charge in [-0.05, 0) is 64.2 Å². The molecule has 7 heteroatoms. The molecule has 2 aromatic rings. The number of benzene rings is 2. The van der Waals surface area contributed by atoms with Crippen LogP contribution in [0.1, 0.15) is 206 Å². The fourth-order valence-electron chi connectivity index (χ4n) is 6.83. The second kappa shape index (κ2) is 48.8. The summed E-state index contributed by atoms with van der Waals surface area (Å²) in [5, 5.41) is 0. The van der Waals surface area contributed by atoms with E-state index in [2.05, 4.69) is 62.5 Å². The topological polar surface area (TPSA) is 18.5 Å². The first-order chi connectivity index (χ1) is 31.5. The Labute approximate surface area is 410 Å². The molecule has 4 rings (SSSR count). The van der Waals surface area contributed by atoms with Crippen molar-refractivity contribution in [1.82, 2.24) is 0 Å². The second-order valence-corrected chi connectivity index (χ2v) is 16.5. The van der Waals surface area contributed by atoms with Crippen LogP contribution in [0.2, 0.25) is 0 Å². The monoisotopic (exact) mass is 937 g/mol. The third-order valence-electron chi connectivity index (χ3n) is 10.7. The molecule has 0 unspecified atom stereocenters. The molecular formula is C58H84F4O2Ti. The fourth-order valence-corrected chi connectivity index (χ4v) is 6.83. The molecule has 0 aliphatic heterocycles. The molecule has 2 aliphatic carbocycles. The molecule has 2 nitrogen and oxygen atoms in total. The van der Waals surface area contributed by atoms with Crippen LogP contribution < -0.4 is 9.47 Å². The predicted molar refractivity (Wildman–Crippen MR) is 263 cm³/mol. The summed E-state index contributed by atoms with van der Waals surface area (Å²) >= 11 is 0. The van der Waals surface area contributed by atoms with E-state index < -0.39 is 23.3 Å². The number of hydrogen-bond acceptors (Lipinski definition) is 2. The fraction of sp³-hybridized carbons (Fsp3) is 0.586. The SMILES string of the molecule is CCCCCCCC/C=C\CCCCCCCCOc1ccc(F)[c-]c1F.CCCCCCCC/C=C\CCCCCCCCOc1ccc(F)[c-]c1F.[C-]1=CC=CC1.[C-]1=CC=CC1.[Ti+4]. The zero-order valence-corrected chi connectivity index (χ0v) is 42.1. The first-order valence-electron chi connectivity index (χ1n) is 25.2. The molecule has 0 heterocycles. The Kier molecular flexibility index (Phi) is 46.5. The van der Waals surface area contributed by atoms with Crippen molar-refractivity contribution in [2.45, 2.75) is 206 Å². The van der Waals surface area contributed by atoms with E-state index in [1.54, 1.807) is 0 Å². The summed E-state index contributed by atoms with van der Waals surface area (Å²) in [6.45, 7) is 5.46. The van der Waals surface area contributed by atoms with Gasteiger partial charge in [0, 0.05) is 23.1 Å². The van der Waals surface area contributed by atoms with Gasteiger partial charge in [-0.15, -0.1) is 49.2 Å². The van der Waals surface area contributed by atoms with E-state index in [-0.39, 0.29) is 33.2 Å². The first kappa shape index (κ1) is 61.9. The minimum absolute atomic E-state index is 0. The standard InChI is InChI=1S/2C24H37F2O.2C5H5.Ti/c2*1-2-3-4-5-6-7-8-9-10-11-12-13-14-15-16-17-20-27-24-19-18-22(25)21-23(24)26;2*1-2-4-5-3-1;/h2*9-10,18-19H,2-8,11-17,20H2,1H3;2*1-3H,4H2;/q4*-1;+4/b2*10-9-;;;. The molecule has 0 fully saturated rings. The average molecular weight is 937 g/mol. The molecule has 0 N–H and O–H groups in total. The molecule has 2 aromatic carbocycles. The van der Waals surface area contributed by atoms with Crippen LogP contribution in [0, 0.1) is 47.6 Å². The zero-order valence-electron chi connectivity index (χ0n) is 40.5. The molecule has 0 aromatic heterocycles. The van der Waals surface area contributed by atoms with Gasteiger partial charge in [0.15, 0.2) is 0 Å². The number of hydrogen-bond donors (Lipinski definition) is 0. The predicted octanol–water partition coefficient (Wildman–Crippen LogP) is 19.0. The van der Waals surface area contributed by atoms with Gasteiger partial charge in [0.05, 0.1) is 24.8 Å². The summed E-state index contributed by atoms with van der Waals surface area (Å²) in [4.78, 5) is 0. The van der Waals surface area contributed by atoms with Crippen molar-refractivity contribution < 1.29 is 48.8 Å². The van der Waals surface area contributed by atoms with Crippen molar-refractivity contribution in [3.63, 3.8) is 0 Å². The molecular weight excluding hydrogens is 852 g/mol. The van der Waals surface area contributed by atoms with Gasteiger partial charge in [-0.1, -0.05) is 154 Å². The first-order valence-corrected chi connectivity index (χ1v) is 25.2. The zero-order chi connectivity index (χ0) is 46.2. The van der Waals surface area contributed by atoms with E-state index in [1.807, 2.05) is 36.4 Å². The Morgan fingerprint density at radius 1 is 0.431 bits per heavy atom. The summed E-state index contributed by atoms with van der Waals surface area (Å²) < 4.78 is 62.8. The van der Waals surface area contributed by atoms with E-state index in [4.69, 9.17) is 9.47 Å². The molecule has 0 saturated carbocycles. The minimum Gasteiger partial charge on any atom is -0.548 e. The Morgan fingerprint density at radius 2 is 0.738 bits per heavy atom. The third kappa shape index (κ3) is 42.0. The van der Waals surface area contributed by atoms with E-state index in [0.717, 1.165) is 38.5 Å². The van der Waals surface area contributed by atoms with Gasteiger partial charge in [-0.25, -0.2) is 41.9 Å². The smallest absolute Gasteiger partial charge is 0.548 e. The number of ether oxygens (including phenoxy) is 2. The second-order valence-electron chi connectivity index (χ2n) is 16.5. The van der Waals surface area contributed by atoms with Crippen molar-refractivity contribution in [3.05, 3.63) is 133 Å².